The second-order valence-electron chi connectivity index (χ2n) is 4.05. The lowest BCUT2D eigenvalue weighted by molar-refractivity contribution is -0.142. The van der Waals surface area contributed by atoms with Crippen molar-refractivity contribution in [1.82, 2.24) is 0 Å². The molecule has 0 radical (unpaired) electrons. The van der Waals surface area contributed by atoms with Gasteiger partial charge in [0, 0.05) is 6.54 Å². The fourth-order valence-electron chi connectivity index (χ4n) is 1.43. The second kappa shape index (κ2) is 5.49. The van der Waals surface area contributed by atoms with Gasteiger partial charge in [-0.15, -0.1) is 0 Å². The van der Waals surface area contributed by atoms with Crippen molar-refractivity contribution in [2.24, 2.45) is 11.8 Å². The van der Waals surface area contributed by atoms with E-state index in [1.807, 2.05) is 13.8 Å². The van der Waals surface area contributed by atoms with Crippen LogP contribution in [0.3, 0.4) is 0 Å². The van der Waals surface area contributed by atoms with Crippen molar-refractivity contribution in [1.29, 1.82) is 0 Å². The second-order valence-corrected chi connectivity index (χ2v) is 4.05. The highest BCUT2D eigenvalue weighted by Crippen LogP contribution is 2.16. The first kappa shape index (κ1) is 12.5. The molecule has 0 saturated carbocycles. The average molecular weight is 225 g/mol. The number of aliphatic carboxylic acids is 1. The fraction of sp³-hybridized carbons (Fsp3) is 0.417. The highest BCUT2D eigenvalue weighted by Gasteiger charge is 2.21. The summed E-state index contributed by atoms with van der Waals surface area (Å²) in [5.74, 6) is -1.73. The van der Waals surface area contributed by atoms with Gasteiger partial charge < -0.3 is 10.4 Å². The smallest absolute Gasteiger partial charge is 0.308 e. The molecule has 3 nitrogen and oxygen atoms in total. The van der Waals surface area contributed by atoms with E-state index in [9.17, 15) is 9.18 Å². The van der Waals surface area contributed by atoms with Crippen LogP contribution in [0.15, 0.2) is 24.3 Å². The predicted octanol–water partition coefficient (Wildman–Crippen LogP) is 2.59. The number of rotatable bonds is 5. The normalized spacial score (nSPS) is 12.5. The Morgan fingerprint density at radius 2 is 2.06 bits per heavy atom. The standard InChI is InChI=1S/C12H16FNO2/c1-8(2)9(12(15)16)7-14-11-6-4-3-5-10(11)13/h3-6,8-9,14H,7H2,1-2H3,(H,15,16). The van der Waals surface area contributed by atoms with Gasteiger partial charge >= 0.3 is 5.97 Å². The quantitative estimate of drug-likeness (QED) is 0.809. The highest BCUT2D eigenvalue weighted by molar-refractivity contribution is 5.71. The molecule has 1 unspecified atom stereocenters. The van der Waals surface area contributed by atoms with Gasteiger partial charge in [-0.25, -0.2) is 4.39 Å². The number of anilines is 1. The Hall–Kier alpha value is -1.58. The first-order valence-corrected chi connectivity index (χ1v) is 5.23. The third-order valence-electron chi connectivity index (χ3n) is 2.51. The number of halogens is 1. The molecule has 1 rings (SSSR count). The Kier molecular flexibility index (Phi) is 4.28. The molecular weight excluding hydrogens is 209 g/mol. The summed E-state index contributed by atoms with van der Waals surface area (Å²) in [6.45, 7) is 3.90. The van der Waals surface area contributed by atoms with Crippen LogP contribution >= 0.6 is 0 Å². The summed E-state index contributed by atoms with van der Waals surface area (Å²) >= 11 is 0. The molecule has 0 aliphatic heterocycles. The zero-order valence-corrected chi connectivity index (χ0v) is 9.40. The van der Waals surface area contributed by atoms with Crippen LogP contribution < -0.4 is 5.32 Å². The van der Waals surface area contributed by atoms with Crippen molar-refractivity contribution in [3.05, 3.63) is 30.1 Å². The first-order valence-electron chi connectivity index (χ1n) is 5.23. The summed E-state index contributed by atoms with van der Waals surface area (Å²) in [6, 6.07) is 6.23. The number of hydrogen-bond donors (Lipinski definition) is 2. The zero-order chi connectivity index (χ0) is 12.1. The van der Waals surface area contributed by atoms with Crippen molar-refractivity contribution in [2.75, 3.05) is 11.9 Å². The number of para-hydroxylation sites is 1. The lowest BCUT2D eigenvalue weighted by Crippen LogP contribution is -2.27. The van der Waals surface area contributed by atoms with E-state index in [-0.39, 0.29) is 18.3 Å². The molecule has 0 aliphatic carbocycles. The van der Waals surface area contributed by atoms with Crippen LogP contribution in [-0.4, -0.2) is 17.6 Å². The van der Waals surface area contributed by atoms with Gasteiger partial charge in [0.2, 0.25) is 0 Å². The molecule has 2 N–H and O–H groups in total. The Labute approximate surface area is 94.3 Å². The topological polar surface area (TPSA) is 49.3 Å². The molecule has 0 spiro atoms. The minimum Gasteiger partial charge on any atom is -0.481 e. The van der Waals surface area contributed by atoms with E-state index in [0.717, 1.165) is 0 Å². The molecule has 88 valence electrons. The molecule has 0 aromatic heterocycles. The van der Waals surface area contributed by atoms with Gasteiger partial charge in [0.15, 0.2) is 0 Å². The molecule has 0 bridgehead atoms. The molecule has 0 amide bonds. The van der Waals surface area contributed by atoms with Crippen molar-refractivity contribution in [3.8, 4) is 0 Å². The molecule has 1 aromatic rings. The maximum atomic E-state index is 13.2. The molecule has 4 heteroatoms. The predicted molar refractivity (Wildman–Crippen MR) is 60.9 cm³/mol. The average Bonchev–Trinajstić information content (AvgIpc) is 2.20. The van der Waals surface area contributed by atoms with E-state index in [4.69, 9.17) is 5.11 Å². The number of nitrogens with one attached hydrogen (secondary N) is 1. The number of hydrogen-bond acceptors (Lipinski definition) is 2. The van der Waals surface area contributed by atoms with E-state index in [1.54, 1.807) is 18.2 Å². The molecule has 0 aliphatic rings. The molecule has 0 fully saturated rings. The van der Waals surface area contributed by atoms with Gasteiger partial charge in [-0.05, 0) is 18.1 Å². The zero-order valence-electron chi connectivity index (χ0n) is 9.40. The molecule has 0 saturated heterocycles. The van der Waals surface area contributed by atoms with Crippen molar-refractivity contribution in [3.63, 3.8) is 0 Å². The maximum Gasteiger partial charge on any atom is 0.308 e. The van der Waals surface area contributed by atoms with Crippen LogP contribution in [0.4, 0.5) is 10.1 Å². The molecule has 1 atom stereocenters. The molecule has 1 aromatic carbocycles. The summed E-state index contributed by atoms with van der Waals surface area (Å²) < 4.78 is 13.2. The first-order chi connectivity index (χ1) is 7.52. The molecule has 16 heavy (non-hydrogen) atoms. The Balaban J connectivity index is 2.63. The molecule has 0 heterocycles. The van der Waals surface area contributed by atoms with Gasteiger partial charge in [0.05, 0.1) is 11.6 Å². The summed E-state index contributed by atoms with van der Waals surface area (Å²) in [7, 11) is 0. The van der Waals surface area contributed by atoms with Crippen LogP contribution in [0, 0.1) is 17.7 Å². The number of carbonyl (C=O) groups is 1. The Bertz CT molecular complexity index is 366. The highest BCUT2D eigenvalue weighted by atomic mass is 19.1. The Morgan fingerprint density at radius 1 is 1.44 bits per heavy atom. The number of carboxylic acid groups (broad SMARTS) is 1. The minimum absolute atomic E-state index is 0.0109. The summed E-state index contributed by atoms with van der Waals surface area (Å²) in [6.07, 6.45) is 0. The fourth-order valence-corrected chi connectivity index (χ4v) is 1.43. The van der Waals surface area contributed by atoms with Crippen molar-refractivity contribution < 1.29 is 14.3 Å². The lowest BCUT2D eigenvalue weighted by atomic mass is 9.96. The van der Waals surface area contributed by atoms with Crippen LogP contribution in [0.1, 0.15) is 13.8 Å². The van der Waals surface area contributed by atoms with E-state index in [2.05, 4.69) is 5.32 Å². The summed E-state index contributed by atoms with van der Waals surface area (Å²) in [4.78, 5) is 10.9. The van der Waals surface area contributed by atoms with Gasteiger partial charge in [-0.3, -0.25) is 4.79 Å². The van der Waals surface area contributed by atoms with E-state index in [0.29, 0.717) is 5.69 Å². The van der Waals surface area contributed by atoms with Crippen molar-refractivity contribution in [2.45, 2.75) is 13.8 Å². The van der Waals surface area contributed by atoms with E-state index in [1.165, 1.54) is 6.07 Å². The largest absolute Gasteiger partial charge is 0.481 e. The summed E-state index contributed by atoms with van der Waals surface area (Å²) in [5, 5.41) is 11.8. The monoisotopic (exact) mass is 225 g/mol. The van der Waals surface area contributed by atoms with Crippen LogP contribution in [-0.2, 0) is 4.79 Å². The van der Waals surface area contributed by atoms with Gasteiger partial charge in [-0.2, -0.15) is 0 Å². The van der Waals surface area contributed by atoms with Gasteiger partial charge in [0.1, 0.15) is 5.82 Å². The van der Waals surface area contributed by atoms with Gasteiger partial charge in [-0.1, -0.05) is 26.0 Å². The summed E-state index contributed by atoms with van der Waals surface area (Å²) in [5.41, 5.74) is 0.342. The third kappa shape index (κ3) is 3.22. The van der Waals surface area contributed by atoms with Crippen molar-refractivity contribution >= 4 is 11.7 Å². The SMILES string of the molecule is CC(C)C(CNc1ccccc1F)C(=O)O. The maximum absolute atomic E-state index is 13.2. The van der Waals surface area contributed by atoms with E-state index < -0.39 is 11.9 Å². The minimum atomic E-state index is -0.862. The number of benzene rings is 1. The van der Waals surface area contributed by atoms with Crippen LogP contribution in [0.5, 0.6) is 0 Å². The van der Waals surface area contributed by atoms with Gasteiger partial charge in [0.25, 0.3) is 0 Å². The number of carboxylic acids is 1. The molecular formula is C12H16FNO2. The lowest BCUT2D eigenvalue weighted by Gasteiger charge is -2.17. The van der Waals surface area contributed by atoms with Crippen LogP contribution in [0.25, 0.3) is 0 Å². The third-order valence-corrected chi connectivity index (χ3v) is 2.51. The van der Waals surface area contributed by atoms with Crippen LogP contribution in [0.2, 0.25) is 0 Å². The van der Waals surface area contributed by atoms with E-state index >= 15 is 0 Å². The Morgan fingerprint density at radius 3 is 2.56 bits per heavy atom.